The normalized spacial score (nSPS) is 16.5. The Hall–Kier alpha value is -1.65. The highest BCUT2D eigenvalue weighted by Crippen LogP contribution is 2.32. The molecule has 1 aliphatic rings. The smallest absolute Gasteiger partial charge is 0.242 e. The summed E-state index contributed by atoms with van der Waals surface area (Å²) >= 11 is 1.83. The molecule has 0 radical (unpaired) electrons. The van der Waals surface area contributed by atoms with E-state index in [0.717, 1.165) is 25.1 Å². The Morgan fingerprint density at radius 2 is 2.00 bits per heavy atom. The Morgan fingerprint density at radius 3 is 2.71 bits per heavy atom. The number of hydrogen-bond acceptors (Lipinski definition) is 3. The highest BCUT2D eigenvalue weighted by Gasteiger charge is 2.33. The van der Waals surface area contributed by atoms with Crippen molar-refractivity contribution in [2.45, 2.75) is 52.2 Å². The molecule has 1 amide bonds. The van der Waals surface area contributed by atoms with Gasteiger partial charge in [0.2, 0.25) is 5.91 Å². The topological polar surface area (TPSA) is 32.3 Å². The van der Waals surface area contributed by atoms with Gasteiger partial charge in [-0.2, -0.15) is 0 Å². The summed E-state index contributed by atoms with van der Waals surface area (Å²) in [5.41, 5.74) is 3.41. The SMILES string of the molecule is Cc1ccccc1C(C(=O)NC(C)(C)C)N1CCc2sccc2C1. The second-order valence-electron chi connectivity index (χ2n) is 7.59. The molecule has 0 spiro atoms. The van der Waals surface area contributed by atoms with Gasteiger partial charge in [0, 0.05) is 23.5 Å². The van der Waals surface area contributed by atoms with Crippen molar-refractivity contribution in [3.05, 3.63) is 57.3 Å². The van der Waals surface area contributed by atoms with Gasteiger partial charge in [-0.05, 0) is 62.3 Å². The number of thiophene rings is 1. The maximum Gasteiger partial charge on any atom is 0.242 e. The zero-order chi connectivity index (χ0) is 17.3. The third-order valence-corrected chi connectivity index (χ3v) is 5.45. The predicted molar refractivity (Wildman–Crippen MR) is 100 cm³/mol. The highest BCUT2D eigenvalue weighted by molar-refractivity contribution is 7.10. The van der Waals surface area contributed by atoms with Crippen LogP contribution in [-0.2, 0) is 17.8 Å². The summed E-state index contributed by atoms with van der Waals surface area (Å²) in [5.74, 6) is 0.0930. The number of aryl methyl sites for hydroxylation is 1. The molecule has 2 aromatic rings. The van der Waals surface area contributed by atoms with E-state index in [1.807, 2.05) is 44.2 Å². The minimum absolute atomic E-state index is 0.0930. The van der Waals surface area contributed by atoms with Gasteiger partial charge in [-0.3, -0.25) is 9.69 Å². The molecule has 4 heteroatoms. The number of hydrogen-bond donors (Lipinski definition) is 1. The molecule has 1 atom stereocenters. The third-order valence-electron chi connectivity index (χ3n) is 4.43. The monoisotopic (exact) mass is 342 g/mol. The van der Waals surface area contributed by atoms with Gasteiger partial charge in [0.25, 0.3) is 0 Å². The highest BCUT2D eigenvalue weighted by atomic mass is 32.1. The summed E-state index contributed by atoms with van der Waals surface area (Å²) in [6.07, 6.45) is 1.03. The van der Waals surface area contributed by atoms with E-state index in [-0.39, 0.29) is 17.5 Å². The van der Waals surface area contributed by atoms with Crippen molar-refractivity contribution in [3.8, 4) is 0 Å². The summed E-state index contributed by atoms with van der Waals surface area (Å²) in [6, 6.07) is 10.2. The summed E-state index contributed by atoms with van der Waals surface area (Å²) < 4.78 is 0. The Balaban J connectivity index is 1.94. The number of rotatable bonds is 3. The molecule has 1 aromatic heterocycles. The van der Waals surface area contributed by atoms with E-state index in [2.05, 4.69) is 40.7 Å². The lowest BCUT2D eigenvalue weighted by Crippen LogP contribution is -2.48. The van der Waals surface area contributed by atoms with Crippen LogP contribution in [0.3, 0.4) is 0 Å². The predicted octanol–water partition coefficient (Wildman–Crippen LogP) is 4.07. The first-order valence-electron chi connectivity index (χ1n) is 8.52. The van der Waals surface area contributed by atoms with Gasteiger partial charge in [0.1, 0.15) is 6.04 Å². The van der Waals surface area contributed by atoms with Crippen molar-refractivity contribution in [2.75, 3.05) is 6.54 Å². The molecule has 0 saturated heterocycles. The number of amides is 1. The van der Waals surface area contributed by atoms with Crippen LogP contribution in [0.4, 0.5) is 0 Å². The maximum atomic E-state index is 13.1. The van der Waals surface area contributed by atoms with Gasteiger partial charge >= 0.3 is 0 Å². The Bertz CT molecular complexity index is 729. The second-order valence-corrected chi connectivity index (χ2v) is 8.59. The van der Waals surface area contributed by atoms with Crippen LogP contribution in [0.25, 0.3) is 0 Å². The molecule has 2 heterocycles. The van der Waals surface area contributed by atoms with Gasteiger partial charge in [0.05, 0.1) is 0 Å². The zero-order valence-electron chi connectivity index (χ0n) is 14.9. The Morgan fingerprint density at radius 1 is 1.25 bits per heavy atom. The van der Waals surface area contributed by atoms with Gasteiger partial charge in [-0.1, -0.05) is 24.3 Å². The number of fused-ring (bicyclic) bond motifs is 1. The van der Waals surface area contributed by atoms with Crippen LogP contribution in [0.1, 0.15) is 48.4 Å². The fraction of sp³-hybridized carbons (Fsp3) is 0.450. The first-order chi connectivity index (χ1) is 11.3. The number of carbonyl (C=O) groups excluding carboxylic acids is 1. The molecule has 0 aliphatic carbocycles. The summed E-state index contributed by atoms with van der Waals surface area (Å²) in [7, 11) is 0. The van der Waals surface area contributed by atoms with Crippen LogP contribution >= 0.6 is 11.3 Å². The van der Waals surface area contributed by atoms with Crippen LogP contribution < -0.4 is 5.32 Å². The molecule has 0 saturated carbocycles. The lowest BCUT2D eigenvalue weighted by Gasteiger charge is -2.36. The van der Waals surface area contributed by atoms with Gasteiger partial charge in [0.15, 0.2) is 0 Å². The average molecular weight is 343 g/mol. The van der Waals surface area contributed by atoms with Crippen LogP contribution in [0.2, 0.25) is 0 Å². The Labute approximate surface area is 148 Å². The van der Waals surface area contributed by atoms with Gasteiger partial charge in [-0.15, -0.1) is 11.3 Å². The largest absolute Gasteiger partial charge is 0.350 e. The van der Waals surface area contributed by atoms with Crippen LogP contribution in [0.15, 0.2) is 35.7 Å². The van der Waals surface area contributed by atoms with Crippen molar-refractivity contribution in [1.82, 2.24) is 10.2 Å². The first kappa shape index (κ1) is 17.2. The zero-order valence-corrected chi connectivity index (χ0v) is 15.7. The first-order valence-corrected chi connectivity index (χ1v) is 9.40. The molecule has 1 aliphatic heterocycles. The second kappa shape index (κ2) is 6.69. The summed E-state index contributed by atoms with van der Waals surface area (Å²) in [5, 5.41) is 5.34. The number of nitrogens with one attached hydrogen (secondary N) is 1. The van der Waals surface area contributed by atoms with Crippen LogP contribution in [0, 0.1) is 6.92 Å². The minimum atomic E-state index is -0.238. The van der Waals surface area contributed by atoms with E-state index < -0.39 is 0 Å². The number of benzene rings is 1. The van der Waals surface area contributed by atoms with Crippen molar-refractivity contribution >= 4 is 17.2 Å². The molecule has 0 fully saturated rings. The standard InChI is InChI=1S/C20H26N2OS/c1-14-7-5-6-8-16(14)18(19(23)21-20(2,3)4)22-11-9-17-15(13-22)10-12-24-17/h5-8,10,12,18H,9,11,13H2,1-4H3,(H,21,23). The maximum absolute atomic E-state index is 13.1. The lowest BCUT2D eigenvalue weighted by molar-refractivity contribution is -0.128. The quantitative estimate of drug-likeness (QED) is 0.912. The molecule has 1 N–H and O–H groups in total. The molecule has 3 nitrogen and oxygen atoms in total. The van der Waals surface area contributed by atoms with Crippen LogP contribution in [0.5, 0.6) is 0 Å². The van der Waals surface area contributed by atoms with Gasteiger partial charge < -0.3 is 5.32 Å². The van der Waals surface area contributed by atoms with E-state index in [0.29, 0.717) is 0 Å². The summed E-state index contributed by atoms with van der Waals surface area (Å²) in [6.45, 7) is 9.96. The van der Waals surface area contributed by atoms with E-state index >= 15 is 0 Å². The third kappa shape index (κ3) is 3.70. The molecule has 1 unspecified atom stereocenters. The van der Waals surface area contributed by atoms with Crippen molar-refractivity contribution in [1.29, 1.82) is 0 Å². The molecule has 1 aromatic carbocycles. The van der Waals surface area contributed by atoms with E-state index in [4.69, 9.17) is 0 Å². The number of carbonyl (C=O) groups is 1. The van der Waals surface area contributed by atoms with E-state index in [9.17, 15) is 4.79 Å². The Kier molecular flexibility index (Phi) is 4.79. The molecule has 24 heavy (non-hydrogen) atoms. The van der Waals surface area contributed by atoms with Crippen molar-refractivity contribution < 1.29 is 4.79 Å². The molecule has 3 rings (SSSR count). The number of nitrogens with zero attached hydrogens (tertiary/aromatic N) is 1. The molecular weight excluding hydrogens is 316 g/mol. The minimum Gasteiger partial charge on any atom is -0.350 e. The molecular formula is C20H26N2OS. The molecule has 128 valence electrons. The van der Waals surface area contributed by atoms with Crippen LogP contribution in [-0.4, -0.2) is 22.9 Å². The van der Waals surface area contributed by atoms with Crippen molar-refractivity contribution in [3.63, 3.8) is 0 Å². The molecule has 0 bridgehead atoms. The van der Waals surface area contributed by atoms with E-state index in [1.54, 1.807) is 0 Å². The van der Waals surface area contributed by atoms with E-state index in [1.165, 1.54) is 16.0 Å². The fourth-order valence-electron chi connectivity index (χ4n) is 3.33. The average Bonchev–Trinajstić information content (AvgIpc) is 2.95. The summed E-state index contributed by atoms with van der Waals surface area (Å²) in [4.78, 5) is 16.9. The van der Waals surface area contributed by atoms with Gasteiger partial charge in [-0.25, -0.2) is 0 Å². The fourth-order valence-corrected chi connectivity index (χ4v) is 4.22. The lowest BCUT2D eigenvalue weighted by atomic mass is 9.95. The van der Waals surface area contributed by atoms with Crippen molar-refractivity contribution in [2.24, 2.45) is 0 Å².